The molecule has 74 valence electrons. The molecule has 0 aliphatic carbocycles. The standard InChI is InChI=1S/C12H14O2/c1-2-5-11(6-3-1)7-4-8-13-9-12-10-14-12/h1-7,12H,8-10H2/b7-4+/t12-/m1/s1. The van der Waals surface area contributed by atoms with E-state index >= 15 is 0 Å². The Morgan fingerprint density at radius 1 is 1.36 bits per heavy atom. The number of hydrogen-bond donors (Lipinski definition) is 0. The molecule has 0 unspecified atom stereocenters. The van der Waals surface area contributed by atoms with Gasteiger partial charge in [-0.05, 0) is 5.56 Å². The monoisotopic (exact) mass is 190 g/mol. The lowest BCUT2D eigenvalue weighted by Gasteiger charge is -1.95. The van der Waals surface area contributed by atoms with Crippen LogP contribution in [0.15, 0.2) is 36.4 Å². The van der Waals surface area contributed by atoms with E-state index in [0.717, 1.165) is 13.2 Å². The van der Waals surface area contributed by atoms with Crippen molar-refractivity contribution in [3.63, 3.8) is 0 Å². The number of epoxide rings is 1. The third-order valence-electron chi connectivity index (χ3n) is 2.03. The van der Waals surface area contributed by atoms with Crippen LogP contribution in [0.2, 0.25) is 0 Å². The number of ether oxygens (including phenoxy) is 2. The highest BCUT2D eigenvalue weighted by molar-refractivity contribution is 5.48. The van der Waals surface area contributed by atoms with Crippen LogP contribution in [0.5, 0.6) is 0 Å². The lowest BCUT2D eigenvalue weighted by molar-refractivity contribution is 0.141. The first-order valence-corrected chi connectivity index (χ1v) is 4.86. The van der Waals surface area contributed by atoms with Crippen molar-refractivity contribution in [2.75, 3.05) is 19.8 Å². The normalized spacial score (nSPS) is 20.1. The zero-order valence-corrected chi connectivity index (χ0v) is 8.06. The van der Waals surface area contributed by atoms with Gasteiger partial charge in [0.15, 0.2) is 0 Å². The highest BCUT2D eigenvalue weighted by Crippen LogP contribution is 2.08. The lowest BCUT2D eigenvalue weighted by atomic mass is 10.2. The summed E-state index contributed by atoms with van der Waals surface area (Å²) >= 11 is 0. The second-order valence-corrected chi connectivity index (χ2v) is 3.31. The van der Waals surface area contributed by atoms with Crippen molar-refractivity contribution in [2.45, 2.75) is 6.10 Å². The zero-order chi connectivity index (χ0) is 9.64. The van der Waals surface area contributed by atoms with Crippen LogP contribution >= 0.6 is 0 Å². The Morgan fingerprint density at radius 2 is 2.14 bits per heavy atom. The van der Waals surface area contributed by atoms with E-state index in [2.05, 4.69) is 18.2 Å². The van der Waals surface area contributed by atoms with E-state index in [4.69, 9.17) is 9.47 Å². The van der Waals surface area contributed by atoms with Gasteiger partial charge in [-0.2, -0.15) is 0 Å². The molecule has 0 aromatic heterocycles. The molecule has 0 N–H and O–H groups in total. The molecule has 1 aliphatic heterocycles. The Morgan fingerprint density at radius 3 is 2.86 bits per heavy atom. The van der Waals surface area contributed by atoms with Crippen LogP contribution in [-0.2, 0) is 9.47 Å². The van der Waals surface area contributed by atoms with E-state index in [0.29, 0.717) is 12.7 Å². The maximum absolute atomic E-state index is 5.37. The number of hydrogen-bond acceptors (Lipinski definition) is 2. The third-order valence-corrected chi connectivity index (χ3v) is 2.03. The molecule has 1 heterocycles. The van der Waals surface area contributed by atoms with Gasteiger partial charge in [0.2, 0.25) is 0 Å². The molecule has 1 fully saturated rings. The first kappa shape index (κ1) is 9.44. The fourth-order valence-electron chi connectivity index (χ4n) is 1.18. The number of benzene rings is 1. The lowest BCUT2D eigenvalue weighted by Crippen LogP contribution is -2.00. The second kappa shape index (κ2) is 4.94. The van der Waals surface area contributed by atoms with E-state index in [1.165, 1.54) is 5.56 Å². The molecule has 0 radical (unpaired) electrons. The fraction of sp³-hybridized carbons (Fsp3) is 0.333. The van der Waals surface area contributed by atoms with Gasteiger partial charge in [-0.25, -0.2) is 0 Å². The summed E-state index contributed by atoms with van der Waals surface area (Å²) in [6.07, 6.45) is 4.45. The highest BCUT2D eigenvalue weighted by Gasteiger charge is 2.21. The molecule has 2 heteroatoms. The minimum Gasteiger partial charge on any atom is -0.375 e. The predicted molar refractivity (Wildman–Crippen MR) is 56.0 cm³/mol. The van der Waals surface area contributed by atoms with Crippen LogP contribution in [0.1, 0.15) is 5.56 Å². The Kier molecular flexibility index (Phi) is 3.33. The van der Waals surface area contributed by atoms with Gasteiger partial charge in [-0.1, -0.05) is 42.5 Å². The maximum atomic E-state index is 5.37. The van der Waals surface area contributed by atoms with Crippen LogP contribution in [0.3, 0.4) is 0 Å². The van der Waals surface area contributed by atoms with E-state index in [1.54, 1.807) is 0 Å². The topological polar surface area (TPSA) is 21.8 Å². The van der Waals surface area contributed by atoms with Gasteiger partial charge >= 0.3 is 0 Å². The van der Waals surface area contributed by atoms with Crippen molar-refractivity contribution in [3.8, 4) is 0 Å². The molecular formula is C12H14O2. The molecule has 2 rings (SSSR count). The fourth-order valence-corrected chi connectivity index (χ4v) is 1.18. The summed E-state index contributed by atoms with van der Waals surface area (Å²) in [6, 6.07) is 10.2. The van der Waals surface area contributed by atoms with Crippen LogP contribution in [0.4, 0.5) is 0 Å². The molecule has 0 saturated carbocycles. The number of rotatable bonds is 5. The summed E-state index contributed by atoms with van der Waals surface area (Å²) in [7, 11) is 0. The van der Waals surface area contributed by atoms with Crippen LogP contribution < -0.4 is 0 Å². The molecular weight excluding hydrogens is 176 g/mol. The van der Waals surface area contributed by atoms with Gasteiger partial charge < -0.3 is 9.47 Å². The van der Waals surface area contributed by atoms with Crippen molar-refractivity contribution in [2.24, 2.45) is 0 Å². The zero-order valence-electron chi connectivity index (χ0n) is 8.06. The van der Waals surface area contributed by atoms with Gasteiger partial charge in [0, 0.05) is 0 Å². The van der Waals surface area contributed by atoms with Crippen LogP contribution in [-0.4, -0.2) is 25.9 Å². The van der Waals surface area contributed by atoms with Gasteiger partial charge in [-0.15, -0.1) is 0 Å². The molecule has 0 bridgehead atoms. The molecule has 14 heavy (non-hydrogen) atoms. The van der Waals surface area contributed by atoms with Crippen LogP contribution in [0, 0.1) is 0 Å². The molecule has 1 saturated heterocycles. The molecule has 1 atom stereocenters. The summed E-state index contributed by atoms with van der Waals surface area (Å²) in [5.41, 5.74) is 1.21. The average Bonchev–Trinajstić information content (AvgIpc) is 3.03. The molecule has 2 nitrogen and oxygen atoms in total. The van der Waals surface area contributed by atoms with Gasteiger partial charge in [-0.3, -0.25) is 0 Å². The minimum absolute atomic E-state index is 0.361. The van der Waals surface area contributed by atoms with Crippen molar-refractivity contribution in [3.05, 3.63) is 42.0 Å². The molecule has 1 aliphatic rings. The van der Waals surface area contributed by atoms with Crippen molar-refractivity contribution < 1.29 is 9.47 Å². The summed E-state index contributed by atoms with van der Waals surface area (Å²) in [5, 5.41) is 0. The molecule has 0 amide bonds. The predicted octanol–water partition coefficient (Wildman–Crippen LogP) is 2.12. The van der Waals surface area contributed by atoms with Gasteiger partial charge in [0.1, 0.15) is 6.10 Å². The summed E-state index contributed by atoms with van der Waals surface area (Å²) in [4.78, 5) is 0. The maximum Gasteiger partial charge on any atom is 0.104 e. The van der Waals surface area contributed by atoms with E-state index in [9.17, 15) is 0 Å². The Balaban J connectivity index is 1.66. The summed E-state index contributed by atoms with van der Waals surface area (Å²) < 4.78 is 10.4. The molecule has 1 aromatic rings. The SMILES string of the molecule is C(=C\c1ccccc1)/COC[C@@H]1CO1. The Bertz CT molecular complexity index is 288. The van der Waals surface area contributed by atoms with Crippen molar-refractivity contribution in [1.29, 1.82) is 0 Å². The van der Waals surface area contributed by atoms with E-state index < -0.39 is 0 Å². The first-order chi connectivity index (χ1) is 6.95. The minimum atomic E-state index is 0.361. The quantitative estimate of drug-likeness (QED) is 0.524. The summed E-state index contributed by atoms with van der Waals surface area (Å²) in [5.74, 6) is 0. The Hall–Kier alpha value is -1.12. The summed E-state index contributed by atoms with van der Waals surface area (Å²) in [6.45, 7) is 2.25. The van der Waals surface area contributed by atoms with Gasteiger partial charge in [0.25, 0.3) is 0 Å². The van der Waals surface area contributed by atoms with Crippen molar-refractivity contribution in [1.82, 2.24) is 0 Å². The third kappa shape index (κ3) is 3.32. The van der Waals surface area contributed by atoms with Crippen LogP contribution in [0.25, 0.3) is 6.08 Å². The van der Waals surface area contributed by atoms with Crippen molar-refractivity contribution >= 4 is 6.08 Å². The Labute approximate surface area is 84.2 Å². The highest BCUT2D eigenvalue weighted by atomic mass is 16.6. The van der Waals surface area contributed by atoms with Gasteiger partial charge in [0.05, 0.1) is 19.8 Å². The average molecular weight is 190 g/mol. The smallest absolute Gasteiger partial charge is 0.104 e. The first-order valence-electron chi connectivity index (χ1n) is 4.86. The van der Waals surface area contributed by atoms with E-state index in [-0.39, 0.29) is 0 Å². The largest absolute Gasteiger partial charge is 0.375 e. The molecule has 1 aromatic carbocycles. The van der Waals surface area contributed by atoms with E-state index in [1.807, 2.05) is 24.3 Å². The molecule has 0 spiro atoms. The second-order valence-electron chi connectivity index (χ2n) is 3.31.